The van der Waals surface area contributed by atoms with E-state index in [1.807, 2.05) is 24.3 Å². The predicted molar refractivity (Wildman–Crippen MR) is 116 cm³/mol. The number of hydrogen-bond acceptors (Lipinski definition) is 4. The molecule has 2 amide bonds. The van der Waals surface area contributed by atoms with Gasteiger partial charge in [-0.3, -0.25) is 20.2 Å². The van der Waals surface area contributed by atoms with Crippen molar-refractivity contribution in [1.82, 2.24) is 19.1 Å². The summed E-state index contributed by atoms with van der Waals surface area (Å²) in [6, 6.07) is 11.8. The lowest BCUT2D eigenvalue weighted by atomic mass is 10.0. The summed E-state index contributed by atoms with van der Waals surface area (Å²) < 4.78 is 42.2. The Morgan fingerprint density at radius 2 is 1.91 bits per heavy atom. The normalized spacial score (nSPS) is 16.1. The number of amides is 2. The highest BCUT2D eigenvalue weighted by Gasteiger charge is 2.33. The molecule has 1 aliphatic rings. The van der Waals surface area contributed by atoms with Crippen molar-refractivity contribution in [3.05, 3.63) is 47.5 Å². The number of anilines is 2. The molecule has 0 radical (unpaired) electrons. The van der Waals surface area contributed by atoms with Crippen molar-refractivity contribution in [3.8, 4) is 0 Å². The van der Waals surface area contributed by atoms with Crippen LogP contribution in [0.15, 0.2) is 42.5 Å². The van der Waals surface area contributed by atoms with E-state index in [4.69, 9.17) is 11.6 Å². The highest BCUT2D eigenvalue weighted by atomic mass is 35.5. The Hall–Kier alpha value is -3.60. The van der Waals surface area contributed by atoms with Gasteiger partial charge in [-0.15, -0.1) is 0 Å². The summed E-state index contributed by atoms with van der Waals surface area (Å²) in [6.07, 6.45) is -4.79. The molecule has 2 aromatic heterocycles. The SMILES string of the molecule is O=C(CC1Cn2c(nc3ccccc32)NC1=O)Nc1nc2c(Cl)cccc2n1CC(F)(F)F. The third-order valence-corrected chi connectivity index (χ3v) is 5.72. The molecule has 0 saturated carbocycles. The van der Waals surface area contributed by atoms with Crippen LogP contribution in [0.2, 0.25) is 5.02 Å². The van der Waals surface area contributed by atoms with Gasteiger partial charge in [0, 0.05) is 13.0 Å². The number of fused-ring (bicyclic) bond motifs is 4. The summed E-state index contributed by atoms with van der Waals surface area (Å²) in [4.78, 5) is 33.7. The number of aromatic nitrogens is 4. The van der Waals surface area contributed by atoms with E-state index in [1.165, 1.54) is 18.2 Å². The molecule has 5 rings (SSSR count). The molecule has 0 fully saturated rings. The van der Waals surface area contributed by atoms with E-state index in [2.05, 4.69) is 20.6 Å². The molecule has 170 valence electrons. The first-order chi connectivity index (χ1) is 15.7. The zero-order valence-corrected chi connectivity index (χ0v) is 17.6. The van der Waals surface area contributed by atoms with Gasteiger partial charge in [0.2, 0.25) is 23.7 Å². The van der Waals surface area contributed by atoms with Crippen LogP contribution in [0.5, 0.6) is 0 Å². The van der Waals surface area contributed by atoms with Gasteiger partial charge in [0.05, 0.1) is 27.5 Å². The van der Waals surface area contributed by atoms with Crippen molar-refractivity contribution in [2.75, 3.05) is 10.6 Å². The summed E-state index contributed by atoms with van der Waals surface area (Å²) in [5, 5.41) is 5.27. The molecule has 0 saturated heterocycles. The Kier molecular flexibility index (Phi) is 5.00. The Labute approximate surface area is 189 Å². The van der Waals surface area contributed by atoms with Crippen molar-refractivity contribution in [1.29, 1.82) is 0 Å². The van der Waals surface area contributed by atoms with E-state index in [9.17, 15) is 22.8 Å². The van der Waals surface area contributed by atoms with Gasteiger partial charge in [0.25, 0.3) is 0 Å². The Morgan fingerprint density at radius 1 is 1.15 bits per heavy atom. The number of alkyl halides is 3. The van der Waals surface area contributed by atoms with Gasteiger partial charge < -0.3 is 9.13 Å². The number of carbonyl (C=O) groups excluding carboxylic acids is 2. The van der Waals surface area contributed by atoms with Crippen LogP contribution in [0.1, 0.15) is 6.42 Å². The highest BCUT2D eigenvalue weighted by Crippen LogP contribution is 2.30. The quantitative estimate of drug-likeness (QED) is 0.461. The maximum absolute atomic E-state index is 13.2. The van der Waals surface area contributed by atoms with Crippen LogP contribution in [0.25, 0.3) is 22.1 Å². The van der Waals surface area contributed by atoms with Gasteiger partial charge in [-0.2, -0.15) is 13.2 Å². The predicted octanol–water partition coefficient (Wildman–Crippen LogP) is 4.20. The second-order valence-corrected chi connectivity index (χ2v) is 8.12. The standard InChI is InChI=1S/C21H16ClF3N6O2/c22-12-4-3-7-15-17(12)28-20(31(15)10-21(23,24)25)27-16(32)8-11-9-30-14-6-2-1-5-13(14)26-19(30)29-18(11)33/h1-7,11H,8-10H2,(H,26,29,33)(H,27,28,32). The number of para-hydroxylation sites is 3. The van der Waals surface area contributed by atoms with E-state index in [-0.39, 0.29) is 40.9 Å². The monoisotopic (exact) mass is 476 g/mol. The second-order valence-electron chi connectivity index (χ2n) is 7.72. The van der Waals surface area contributed by atoms with E-state index in [0.717, 1.165) is 10.1 Å². The summed E-state index contributed by atoms with van der Waals surface area (Å²) in [5.74, 6) is -1.67. The van der Waals surface area contributed by atoms with E-state index < -0.39 is 24.5 Å². The number of rotatable bonds is 4. The molecule has 2 aromatic carbocycles. The molecule has 0 aliphatic carbocycles. The number of imidazole rings is 2. The van der Waals surface area contributed by atoms with Gasteiger partial charge in [-0.1, -0.05) is 29.8 Å². The number of benzene rings is 2. The van der Waals surface area contributed by atoms with Crippen LogP contribution in [0, 0.1) is 5.92 Å². The maximum atomic E-state index is 13.2. The van der Waals surface area contributed by atoms with Crippen molar-refractivity contribution in [3.63, 3.8) is 0 Å². The van der Waals surface area contributed by atoms with Crippen LogP contribution in [0.4, 0.5) is 25.1 Å². The van der Waals surface area contributed by atoms with Crippen molar-refractivity contribution < 1.29 is 22.8 Å². The number of nitrogens with zero attached hydrogens (tertiary/aromatic N) is 4. The zero-order valence-electron chi connectivity index (χ0n) is 16.9. The van der Waals surface area contributed by atoms with Crippen LogP contribution in [0.3, 0.4) is 0 Å². The highest BCUT2D eigenvalue weighted by molar-refractivity contribution is 6.35. The molecule has 2 N–H and O–H groups in total. The van der Waals surface area contributed by atoms with E-state index >= 15 is 0 Å². The average Bonchev–Trinajstić information content (AvgIpc) is 3.26. The van der Waals surface area contributed by atoms with Gasteiger partial charge in [0.1, 0.15) is 12.1 Å². The largest absolute Gasteiger partial charge is 0.406 e. The van der Waals surface area contributed by atoms with Gasteiger partial charge in [-0.25, -0.2) is 9.97 Å². The molecule has 33 heavy (non-hydrogen) atoms. The fraction of sp³-hybridized carbons (Fsp3) is 0.238. The molecular weight excluding hydrogens is 461 g/mol. The lowest BCUT2D eigenvalue weighted by Crippen LogP contribution is -2.36. The molecule has 0 bridgehead atoms. The Balaban J connectivity index is 1.40. The summed E-state index contributed by atoms with van der Waals surface area (Å²) >= 11 is 6.08. The van der Waals surface area contributed by atoms with E-state index in [1.54, 1.807) is 4.57 Å². The molecule has 1 atom stereocenters. The number of carbonyl (C=O) groups is 2. The third kappa shape index (κ3) is 3.99. The smallest absolute Gasteiger partial charge is 0.309 e. The minimum absolute atomic E-state index is 0.139. The Morgan fingerprint density at radius 3 is 2.70 bits per heavy atom. The zero-order chi connectivity index (χ0) is 23.3. The number of halogens is 4. The van der Waals surface area contributed by atoms with Crippen LogP contribution in [-0.4, -0.2) is 37.1 Å². The molecule has 12 heteroatoms. The molecule has 1 aliphatic heterocycles. The first-order valence-corrected chi connectivity index (χ1v) is 10.3. The summed E-state index contributed by atoms with van der Waals surface area (Å²) in [5.41, 5.74) is 1.79. The van der Waals surface area contributed by atoms with Gasteiger partial charge in [0.15, 0.2) is 0 Å². The van der Waals surface area contributed by atoms with E-state index in [0.29, 0.717) is 11.5 Å². The lowest BCUT2D eigenvalue weighted by molar-refractivity contribution is -0.139. The Bertz CT molecular complexity index is 1410. The number of nitrogens with one attached hydrogen (secondary N) is 2. The maximum Gasteiger partial charge on any atom is 0.406 e. The third-order valence-electron chi connectivity index (χ3n) is 5.41. The minimum atomic E-state index is -4.54. The topological polar surface area (TPSA) is 93.8 Å². The van der Waals surface area contributed by atoms with Crippen molar-refractivity contribution in [2.45, 2.75) is 25.7 Å². The minimum Gasteiger partial charge on any atom is -0.309 e. The summed E-state index contributed by atoms with van der Waals surface area (Å²) in [6.45, 7) is -1.15. The molecule has 3 heterocycles. The molecule has 8 nitrogen and oxygen atoms in total. The van der Waals surface area contributed by atoms with Crippen LogP contribution < -0.4 is 10.6 Å². The van der Waals surface area contributed by atoms with Crippen molar-refractivity contribution >= 4 is 57.4 Å². The molecule has 0 spiro atoms. The fourth-order valence-electron chi connectivity index (χ4n) is 3.98. The molecule has 1 unspecified atom stereocenters. The van der Waals surface area contributed by atoms with Crippen molar-refractivity contribution in [2.24, 2.45) is 5.92 Å². The second kappa shape index (κ2) is 7.77. The van der Waals surface area contributed by atoms with Gasteiger partial charge >= 0.3 is 6.18 Å². The first-order valence-electron chi connectivity index (χ1n) is 9.97. The van der Waals surface area contributed by atoms with Gasteiger partial charge in [-0.05, 0) is 24.3 Å². The average molecular weight is 477 g/mol. The first kappa shape index (κ1) is 21.3. The summed E-state index contributed by atoms with van der Waals surface area (Å²) in [7, 11) is 0. The van der Waals surface area contributed by atoms with Crippen LogP contribution >= 0.6 is 11.6 Å². The lowest BCUT2D eigenvalue weighted by Gasteiger charge is -2.23. The molecule has 4 aromatic rings. The van der Waals surface area contributed by atoms with Crippen LogP contribution in [-0.2, 0) is 22.7 Å². The fourth-order valence-corrected chi connectivity index (χ4v) is 4.19. The number of hydrogen-bond donors (Lipinski definition) is 2. The molecular formula is C21H16ClF3N6O2.